The van der Waals surface area contributed by atoms with Gasteiger partial charge in [0.15, 0.2) is 5.79 Å². The van der Waals surface area contributed by atoms with Crippen molar-refractivity contribution in [3.63, 3.8) is 0 Å². The van der Waals surface area contributed by atoms with Crippen LogP contribution >= 0.6 is 0 Å². The van der Waals surface area contributed by atoms with Gasteiger partial charge < -0.3 is 43.7 Å². The lowest BCUT2D eigenvalue weighted by Gasteiger charge is -2.43. The molecule has 4 rings (SSSR count). The van der Waals surface area contributed by atoms with Gasteiger partial charge >= 0.3 is 0 Å². The molecule has 4 aliphatic rings. The van der Waals surface area contributed by atoms with Crippen LogP contribution in [0.25, 0.3) is 0 Å². The van der Waals surface area contributed by atoms with E-state index < -0.39 is 50.6 Å². The molecule has 12 nitrogen and oxygen atoms in total. The van der Waals surface area contributed by atoms with Gasteiger partial charge in [-0.25, -0.2) is 0 Å². The fraction of sp³-hybridized carbons (Fsp3) is 1.00. The number of β-amino-alcohol motifs (C(OH)–C–C–N with tert-alkyl or cyclic N) is 3. The van der Waals surface area contributed by atoms with E-state index in [4.69, 9.17) is 28.4 Å². The Labute approximate surface area is 290 Å². The van der Waals surface area contributed by atoms with Crippen molar-refractivity contribution in [2.24, 2.45) is 0 Å². The molecule has 1 atom stereocenters. The monoisotopic (exact) mass is 688 g/mol. The first-order valence-electron chi connectivity index (χ1n) is 18.0. The SMILES string of the molecule is CC1(C)OCC(O)(CN2CCN(CC3(O)COC(C)(C)C(C)(C)OC3)CCN(CC3(O)CCOC(C)(C)C(C)(C)O3)CC2)COC1(C)C. The fourth-order valence-electron chi connectivity index (χ4n) is 6.46. The summed E-state index contributed by atoms with van der Waals surface area (Å²) in [6.45, 7) is 29.9. The average molecular weight is 688 g/mol. The van der Waals surface area contributed by atoms with E-state index in [1.165, 1.54) is 0 Å². The number of aliphatic hydroxyl groups is 3. The maximum Gasteiger partial charge on any atom is 0.181 e. The Hall–Kier alpha value is -0.480. The van der Waals surface area contributed by atoms with Crippen LogP contribution in [0.1, 0.15) is 89.5 Å². The molecule has 0 saturated carbocycles. The quantitative estimate of drug-likeness (QED) is 0.380. The third-order valence-electron chi connectivity index (χ3n) is 12.3. The first-order valence-corrected chi connectivity index (χ1v) is 18.0. The number of hydrogen-bond donors (Lipinski definition) is 3. The molecule has 0 radical (unpaired) electrons. The van der Waals surface area contributed by atoms with Gasteiger partial charge in [-0.3, -0.25) is 14.7 Å². The molecular weight excluding hydrogens is 618 g/mol. The highest BCUT2D eigenvalue weighted by atomic mass is 16.7. The van der Waals surface area contributed by atoms with E-state index in [2.05, 4.69) is 14.7 Å². The van der Waals surface area contributed by atoms with Crippen LogP contribution in [0, 0.1) is 0 Å². The van der Waals surface area contributed by atoms with Crippen molar-refractivity contribution >= 4 is 0 Å². The summed E-state index contributed by atoms with van der Waals surface area (Å²) < 4.78 is 37.6. The van der Waals surface area contributed by atoms with Crippen LogP contribution in [0.4, 0.5) is 0 Å². The summed E-state index contributed by atoms with van der Waals surface area (Å²) in [6.07, 6.45) is 0.351. The lowest BCUT2D eigenvalue weighted by molar-refractivity contribution is -0.280. The highest BCUT2D eigenvalue weighted by molar-refractivity contribution is 4.99. The maximum absolute atomic E-state index is 11.9. The summed E-state index contributed by atoms with van der Waals surface area (Å²) in [5.41, 5.74) is -5.97. The molecular formula is C36H69N3O9. The standard InChI is InChI=1S/C36H69N3O9/c1-28(2)29(3,4)45-25-34(40,24-44-28)21-37-14-15-38(22-35(41)26-46-30(5,6)31(7,8)47-27-35)17-19-39(18-16-37)23-36(42)13-20-43-32(9,10)33(11,12)48-36/h40-42H,13-27H2,1-12H3. The third kappa shape index (κ3) is 9.30. The summed E-state index contributed by atoms with van der Waals surface area (Å²) >= 11 is 0. The van der Waals surface area contributed by atoms with Crippen molar-refractivity contribution in [3.05, 3.63) is 0 Å². The predicted molar refractivity (Wildman–Crippen MR) is 184 cm³/mol. The van der Waals surface area contributed by atoms with Crippen molar-refractivity contribution in [1.82, 2.24) is 14.7 Å². The van der Waals surface area contributed by atoms with Crippen LogP contribution in [0.3, 0.4) is 0 Å². The number of rotatable bonds is 6. The van der Waals surface area contributed by atoms with Crippen molar-refractivity contribution in [2.45, 2.75) is 140 Å². The minimum absolute atomic E-state index is 0.159. The van der Waals surface area contributed by atoms with Gasteiger partial charge in [-0.05, 0) is 83.1 Å². The Morgan fingerprint density at radius 1 is 0.417 bits per heavy atom. The molecule has 3 N–H and O–H groups in total. The Morgan fingerprint density at radius 3 is 1.04 bits per heavy atom. The Bertz CT molecular complexity index is 999. The smallest absolute Gasteiger partial charge is 0.181 e. The van der Waals surface area contributed by atoms with Gasteiger partial charge in [0.1, 0.15) is 11.2 Å². The Morgan fingerprint density at radius 2 is 0.708 bits per heavy atom. The van der Waals surface area contributed by atoms with E-state index >= 15 is 0 Å². The van der Waals surface area contributed by atoms with Gasteiger partial charge in [0.2, 0.25) is 0 Å². The normalized spacial score (nSPS) is 34.1. The van der Waals surface area contributed by atoms with Crippen LogP contribution in [-0.2, 0) is 28.4 Å². The van der Waals surface area contributed by atoms with Crippen LogP contribution in [0.5, 0.6) is 0 Å². The molecule has 4 heterocycles. The molecule has 48 heavy (non-hydrogen) atoms. The molecule has 1 unspecified atom stereocenters. The topological polar surface area (TPSA) is 126 Å². The van der Waals surface area contributed by atoms with Gasteiger partial charge in [0.05, 0.1) is 73.2 Å². The van der Waals surface area contributed by atoms with Crippen LogP contribution in [0.15, 0.2) is 0 Å². The molecule has 0 aromatic heterocycles. The third-order valence-corrected chi connectivity index (χ3v) is 12.3. The highest BCUT2D eigenvalue weighted by Crippen LogP contribution is 2.38. The Kier molecular flexibility index (Phi) is 11.6. The largest absolute Gasteiger partial charge is 0.384 e. The van der Waals surface area contributed by atoms with Crippen molar-refractivity contribution in [2.75, 3.05) is 91.9 Å². The maximum atomic E-state index is 11.9. The molecule has 4 fully saturated rings. The molecule has 12 heteroatoms. The molecule has 4 saturated heterocycles. The minimum atomic E-state index is -1.41. The van der Waals surface area contributed by atoms with E-state index in [1.54, 1.807) is 0 Å². The first kappa shape index (κ1) is 40.3. The zero-order valence-electron chi connectivity index (χ0n) is 32.2. The molecule has 4 aliphatic heterocycles. The van der Waals surface area contributed by atoms with Crippen molar-refractivity contribution < 1.29 is 43.7 Å². The summed E-state index contributed by atoms with van der Waals surface area (Å²) in [7, 11) is 0. The van der Waals surface area contributed by atoms with Gasteiger partial charge in [0, 0.05) is 58.8 Å². The van der Waals surface area contributed by atoms with E-state index in [1.807, 2.05) is 83.1 Å². The lowest BCUT2D eigenvalue weighted by atomic mass is 9.89. The minimum Gasteiger partial charge on any atom is -0.384 e. The summed E-state index contributed by atoms with van der Waals surface area (Å²) in [5.74, 6) is -1.41. The summed E-state index contributed by atoms with van der Waals surface area (Å²) in [6, 6.07) is 0. The molecule has 0 aromatic carbocycles. The molecule has 0 bridgehead atoms. The number of hydrogen-bond acceptors (Lipinski definition) is 12. The zero-order valence-corrected chi connectivity index (χ0v) is 32.2. The molecule has 0 aliphatic carbocycles. The van der Waals surface area contributed by atoms with Crippen molar-refractivity contribution in [3.8, 4) is 0 Å². The zero-order chi connectivity index (χ0) is 36.1. The van der Waals surface area contributed by atoms with E-state index in [0.717, 1.165) is 0 Å². The van der Waals surface area contributed by atoms with Gasteiger partial charge in [0.25, 0.3) is 0 Å². The second-order valence-electron chi connectivity index (χ2n) is 18.1. The summed E-state index contributed by atoms with van der Waals surface area (Å²) in [4.78, 5) is 6.72. The highest BCUT2D eigenvalue weighted by Gasteiger charge is 2.50. The Balaban J connectivity index is 1.54. The van der Waals surface area contributed by atoms with Crippen LogP contribution in [0.2, 0.25) is 0 Å². The van der Waals surface area contributed by atoms with Gasteiger partial charge in [-0.2, -0.15) is 0 Å². The predicted octanol–water partition coefficient (Wildman–Crippen LogP) is 2.26. The van der Waals surface area contributed by atoms with Crippen molar-refractivity contribution in [1.29, 1.82) is 0 Å². The molecule has 0 aromatic rings. The first-order chi connectivity index (χ1) is 21.7. The second kappa shape index (κ2) is 13.8. The lowest BCUT2D eigenvalue weighted by Crippen LogP contribution is -2.56. The fourth-order valence-corrected chi connectivity index (χ4v) is 6.46. The van der Waals surface area contributed by atoms with Gasteiger partial charge in [-0.1, -0.05) is 0 Å². The van der Waals surface area contributed by atoms with Crippen LogP contribution < -0.4 is 0 Å². The van der Waals surface area contributed by atoms with E-state index in [9.17, 15) is 15.3 Å². The van der Waals surface area contributed by atoms with Crippen LogP contribution in [-0.4, -0.2) is 173 Å². The van der Waals surface area contributed by atoms with E-state index in [0.29, 0.717) is 71.9 Å². The molecule has 0 amide bonds. The second-order valence-corrected chi connectivity index (χ2v) is 18.1. The molecule has 0 spiro atoms. The summed E-state index contributed by atoms with van der Waals surface area (Å²) in [5, 5.41) is 35.6. The van der Waals surface area contributed by atoms with E-state index in [-0.39, 0.29) is 26.4 Å². The number of ether oxygens (including phenoxy) is 6. The average Bonchev–Trinajstić information content (AvgIpc) is 3.07. The number of nitrogens with zero attached hydrogens (tertiary/aromatic N) is 3. The molecule has 282 valence electrons. The van der Waals surface area contributed by atoms with Gasteiger partial charge in [-0.15, -0.1) is 0 Å².